The van der Waals surface area contributed by atoms with Gasteiger partial charge in [0, 0.05) is 24.1 Å². The van der Waals surface area contributed by atoms with Crippen molar-refractivity contribution in [3.05, 3.63) is 11.4 Å². The van der Waals surface area contributed by atoms with Crippen LogP contribution in [0, 0.1) is 12.8 Å². The summed E-state index contributed by atoms with van der Waals surface area (Å²) >= 11 is 0. The van der Waals surface area contributed by atoms with Crippen molar-refractivity contribution in [3.8, 4) is 0 Å². The van der Waals surface area contributed by atoms with E-state index in [0.717, 1.165) is 42.0 Å². The summed E-state index contributed by atoms with van der Waals surface area (Å²) in [6.45, 7) is 12.9. The number of rotatable bonds is 4. The molecule has 0 radical (unpaired) electrons. The van der Waals surface area contributed by atoms with Crippen molar-refractivity contribution in [2.75, 3.05) is 23.4 Å². The number of nitrogens with one attached hydrogen (secondary N) is 1. The highest BCUT2D eigenvalue weighted by molar-refractivity contribution is 5.59. The monoisotopic (exact) mass is 291 g/mol. The van der Waals surface area contributed by atoms with Gasteiger partial charge in [0.1, 0.15) is 17.5 Å². The third-order valence-corrected chi connectivity index (χ3v) is 4.21. The third kappa shape index (κ3) is 3.46. The Balaban J connectivity index is 2.34. The van der Waals surface area contributed by atoms with Crippen molar-refractivity contribution in [3.63, 3.8) is 0 Å². The minimum atomic E-state index is -0.0867. The summed E-state index contributed by atoms with van der Waals surface area (Å²) in [5.74, 6) is 9.06. The van der Waals surface area contributed by atoms with Crippen molar-refractivity contribution >= 4 is 11.6 Å². The summed E-state index contributed by atoms with van der Waals surface area (Å²) in [6.07, 6.45) is 3.81. The van der Waals surface area contributed by atoms with E-state index in [1.165, 1.54) is 19.3 Å². The molecule has 2 rings (SSSR count). The van der Waals surface area contributed by atoms with Crippen molar-refractivity contribution in [2.45, 2.75) is 59.3 Å². The normalized spacial score (nSPS) is 19.1. The molecule has 0 bridgehead atoms. The van der Waals surface area contributed by atoms with Gasteiger partial charge in [-0.1, -0.05) is 34.1 Å². The van der Waals surface area contributed by atoms with Gasteiger partial charge in [-0.15, -0.1) is 0 Å². The molecule has 1 fully saturated rings. The summed E-state index contributed by atoms with van der Waals surface area (Å²) in [5.41, 5.74) is 3.69. The summed E-state index contributed by atoms with van der Waals surface area (Å²) in [6, 6.07) is 0. The fourth-order valence-electron chi connectivity index (χ4n) is 2.96. The number of hydrazine groups is 1. The summed E-state index contributed by atoms with van der Waals surface area (Å²) < 4.78 is 0. The highest BCUT2D eigenvalue weighted by Gasteiger charge is 2.27. The Bertz CT molecular complexity index is 492. The molecule has 21 heavy (non-hydrogen) atoms. The largest absolute Gasteiger partial charge is 0.356 e. The minimum Gasteiger partial charge on any atom is -0.356 e. The van der Waals surface area contributed by atoms with Gasteiger partial charge >= 0.3 is 0 Å². The molecule has 5 nitrogen and oxygen atoms in total. The van der Waals surface area contributed by atoms with E-state index < -0.39 is 0 Å². The molecular weight excluding hydrogens is 262 g/mol. The quantitative estimate of drug-likeness (QED) is 0.659. The average Bonchev–Trinajstić information content (AvgIpc) is 2.86. The topological polar surface area (TPSA) is 67.1 Å². The van der Waals surface area contributed by atoms with Crippen LogP contribution in [0.25, 0.3) is 0 Å². The molecule has 1 saturated heterocycles. The van der Waals surface area contributed by atoms with Crippen LogP contribution in [0.2, 0.25) is 0 Å². The molecule has 0 spiro atoms. The Morgan fingerprint density at radius 3 is 2.62 bits per heavy atom. The lowest BCUT2D eigenvalue weighted by molar-refractivity contribution is 0.528. The third-order valence-electron chi connectivity index (χ3n) is 4.21. The van der Waals surface area contributed by atoms with Crippen LogP contribution in [0.15, 0.2) is 0 Å². The lowest BCUT2D eigenvalue weighted by atomic mass is 9.95. The van der Waals surface area contributed by atoms with E-state index in [-0.39, 0.29) is 5.41 Å². The predicted molar refractivity (Wildman–Crippen MR) is 88.5 cm³/mol. The van der Waals surface area contributed by atoms with Gasteiger partial charge in [0.15, 0.2) is 0 Å². The molecule has 0 saturated carbocycles. The molecule has 3 N–H and O–H groups in total. The minimum absolute atomic E-state index is 0.0867. The van der Waals surface area contributed by atoms with E-state index in [0.29, 0.717) is 0 Å². The maximum Gasteiger partial charge on any atom is 0.148 e. The number of anilines is 2. The van der Waals surface area contributed by atoms with Crippen LogP contribution in [-0.2, 0) is 5.41 Å². The zero-order valence-electron chi connectivity index (χ0n) is 14.0. The van der Waals surface area contributed by atoms with Crippen molar-refractivity contribution in [1.82, 2.24) is 9.97 Å². The van der Waals surface area contributed by atoms with Gasteiger partial charge < -0.3 is 10.3 Å². The Morgan fingerprint density at radius 1 is 1.33 bits per heavy atom. The van der Waals surface area contributed by atoms with Crippen LogP contribution in [0.4, 0.5) is 11.6 Å². The van der Waals surface area contributed by atoms with E-state index in [2.05, 4.69) is 43.0 Å². The van der Waals surface area contributed by atoms with Crippen LogP contribution in [0.5, 0.6) is 0 Å². The average molecular weight is 291 g/mol. The molecule has 5 heteroatoms. The second-order valence-electron chi connectivity index (χ2n) is 7.13. The van der Waals surface area contributed by atoms with Crippen LogP contribution < -0.4 is 16.2 Å². The SMILES string of the molecule is CCCC1CCN(c2nc(C(C)(C)C)nc(NN)c2C)C1. The van der Waals surface area contributed by atoms with E-state index >= 15 is 0 Å². The second kappa shape index (κ2) is 6.18. The van der Waals surface area contributed by atoms with Gasteiger partial charge in [0.05, 0.1) is 0 Å². The molecule has 2 heterocycles. The number of hydrogen-bond donors (Lipinski definition) is 2. The molecule has 1 aliphatic rings. The molecule has 0 amide bonds. The van der Waals surface area contributed by atoms with Gasteiger partial charge in [0.2, 0.25) is 0 Å². The molecule has 0 aliphatic carbocycles. The van der Waals surface area contributed by atoms with Gasteiger partial charge in [0.25, 0.3) is 0 Å². The first-order valence-electron chi connectivity index (χ1n) is 7.97. The Morgan fingerprint density at radius 2 is 2.05 bits per heavy atom. The summed E-state index contributed by atoms with van der Waals surface area (Å²) in [4.78, 5) is 11.8. The fourth-order valence-corrected chi connectivity index (χ4v) is 2.96. The molecule has 1 aromatic rings. The zero-order valence-corrected chi connectivity index (χ0v) is 14.0. The highest BCUT2D eigenvalue weighted by atomic mass is 15.3. The van der Waals surface area contributed by atoms with Crippen LogP contribution in [-0.4, -0.2) is 23.1 Å². The van der Waals surface area contributed by atoms with Gasteiger partial charge in [-0.05, 0) is 25.7 Å². The molecule has 1 aromatic heterocycles. The van der Waals surface area contributed by atoms with Crippen LogP contribution in [0.1, 0.15) is 58.3 Å². The first-order valence-corrected chi connectivity index (χ1v) is 7.97. The Kier molecular flexibility index (Phi) is 4.71. The maximum atomic E-state index is 5.65. The van der Waals surface area contributed by atoms with Crippen molar-refractivity contribution in [2.24, 2.45) is 11.8 Å². The summed E-state index contributed by atoms with van der Waals surface area (Å²) in [7, 11) is 0. The van der Waals surface area contributed by atoms with Gasteiger partial charge in [-0.3, -0.25) is 0 Å². The van der Waals surface area contributed by atoms with E-state index in [1.807, 2.05) is 6.92 Å². The maximum absolute atomic E-state index is 5.65. The molecule has 0 aromatic carbocycles. The van der Waals surface area contributed by atoms with E-state index in [4.69, 9.17) is 10.8 Å². The number of nitrogen functional groups attached to an aromatic ring is 1. The lowest BCUT2D eigenvalue weighted by Crippen LogP contribution is -2.27. The molecule has 1 aliphatic heterocycles. The number of hydrogen-bond acceptors (Lipinski definition) is 5. The fraction of sp³-hybridized carbons (Fsp3) is 0.750. The van der Waals surface area contributed by atoms with Crippen LogP contribution in [0.3, 0.4) is 0 Å². The van der Waals surface area contributed by atoms with E-state index in [1.54, 1.807) is 0 Å². The Hall–Kier alpha value is -1.36. The molecule has 1 unspecified atom stereocenters. The second-order valence-corrected chi connectivity index (χ2v) is 7.13. The smallest absolute Gasteiger partial charge is 0.148 e. The zero-order chi connectivity index (χ0) is 15.6. The highest BCUT2D eigenvalue weighted by Crippen LogP contribution is 2.32. The Labute approximate surface area is 128 Å². The molecular formula is C16H29N5. The predicted octanol–water partition coefficient (Wildman–Crippen LogP) is 2.99. The number of nitrogens with zero attached hydrogens (tertiary/aromatic N) is 3. The van der Waals surface area contributed by atoms with Crippen molar-refractivity contribution < 1.29 is 0 Å². The lowest BCUT2D eigenvalue weighted by Gasteiger charge is -2.25. The number of nitrogens with two attached hydrogens (primary N) is 1. The van der Waals surface area contributed by atoms with Gasteiger partial charge in [-0.25, -0.2) is 15.8 Å². The first-order chi connectivity index (χ1) is 9.86. The molecule has 118 valence electrons. The van der Waals surface area contributed by atoms with E-state index in [9.17, 15) is 0 Å². The van der Waals surface area contributed by atoms with Gasteiger partial charge in [-0.2, -0.15) is 0 Å². The first kappa shape index (κ1) is 16.0. The summed E-state index contributed by atoms with van der Waals surface area (Å²) in [5, 5.41) is 0. The number of aromatic nitrogens is 2. The van der Waals surface area contributed by atoms with Crippen molar-refractivity contribution in [1.29, 1.82) is 0 Å². The molecule has 1 atom stereocenters. The standard InChI is InChI=1S/C16H29N5/c1-6-7-12-8-9-21(10-12)14-11(2)13(20-17)18-15(19-14)16(3,4)5/h12H,6-10,17H2,1-5H3,(H,18,19,20). The van der Waals surface area contributed by atoms with Crippen LogP contribution >= 0.6 is 0 Å².